The summed E-state index contributed by atoms with van der Waals surface area (Å²) < 4.78 is 10.9. The molecule has 0 aliphatic carbocycles. The molecule has 0 N–H and O–H groups in total. The third-order valence-electron chi connectivity index (χ3n) is 4.40. The van der Waals surface area contributed by atoms with Crippen LogP contribution in [0.3, 0.4) is 0 Å². The molecule has 1 amide bonds. The molecular weight excluding hydrogens is 330 g/mol. The second-order valence-corrected chi connectivity index (χ2v) is 5.96. The number of amides is 1. The van der Waals surface area contributed by atoms with Crippen molar-refractivity contribution in [3.8, 4) is 17.6 Å². The standard InChI is InChI=1S/C20H21N3O3/c1-25-19-5-3-2-4-18(19)22-10-12-23(13-11-22)20(24)15-26-17-8-6-16(14-21)7-9-17/h2-9H,10-13,15H2,1H3. The van der Waals surface area contributed by atoms with Crippen LogP contribution in [0.15, 0.2) is 48.5 Å². The van der Waals surface area contributed by atoms with Crippen molar-refractivity contribution < 1.29 is 14.3 Å². The summed E-state index contributed by atoms with van der Waals surface area (Å²) in [6.07, 6.45) is 0. The molecule has 0 saturated carbocycles. The van der Waals surface area contributed by atoms with Crippen molar-refractivity contribution in [2.45, 2.75) is 0 Å². The van der Waals surface area contributed by atoms with Crippen LogP contribution in [0.2, 0.25) is 0 Å². The van der Waals surface area contributed by atoms with Crippen LogP contribution in [-0.4, -0.2) is 50.7 Å². The predicted octanol–water partition coefficient (Wildman–Crippen LogP) is 2.29. The normalized spacial score (nSPS) is 13.8. The molecule has 3 rings (SSSR count). The van der Waals surface area contributed by atoms with Gasteiger partial charge in [0.2, 0.25) is 0 Å². The number of hydrogen-bond donors (Lipinski definition) is 0. The Labute approximate surface area is 153 Å². The number of carbonyl (C=O) groups is 1. The molecule has 0 radical (unpaired) electrons. The lowest BCUT2D eigenvalue weighted by atomic mass is 10.2. The molecule has 0 aromatic heterocycles. The van der Waals surface area contributed by atoms with Crippen LogP contribution in [0.25, 0.3) is 0 Å². The third kappa shape index (κ3) is 4.06. The van der Waals surface area contributed by atoms with Gasteiger partial charge < -0.3 is 19.3 Å². The van der Waals surface area contributed by atoms with Gasteiger partial charge in [-0.15, -0.1) is 0 Å². The van der Waals surface area contributed by atoms with Gasteiger partial charge in [0.05, 0.1) is 24.4 Å². The molecule has 0 unspecified atom stereocenters. The first-order valence-electron chi connectivity index (χ1n) is 8.50. The highest BCUT2D eigenvalue weighted by atomic mass is 16.5. The van der Waals surface area contributed by atoms with E-state index in [0.29, 0.717) is 24.4 Å². The molecule has 0 bridgehead atoms. The van der Waals surface area contributed by atoms with E-state index in [2.05, 4.69) is 11.0 Å². The first-order chi connectivity index (χ1) is 12.7. The van der Waals surface area contributed by atoms with Crippen LogP contribution >= 0.6 is 0 Å². The first-order valence-corrected chi connectivity index (χ1v) is 8.50. The minimum atomic E-state index is -0.0333. The number of piperazine rings is 1. The van der Waals surface area contributed by atoms with E-state index in [0.717, 1.165) is 24.5 Å². The second kappa shape index (κ2) is 8.26. The maximum absolute atomic E-state index is 12.4. The molecule has 1 heterocycles. The van der Waals surface area contributed by atoms with Gasteiger partial charge in [-0.25, -0.2) is 0 Å². The zero-order valence-electron chi connectivity index (χ0n) is 14.7. The van der Waals surface area contributed by atoms with Crippen molar-refractivity contribution in [1.29, 1.82) is 5.26 Å². The Morgan fingerprint density at radius 1 is 1.08 bits per heavy atom. The Morgan fingerprint density at radius 3 is 2.42 bits per heavy atom. The number of benzene rings is 2. The summed E-state index contributed by atoms with van der Waals surface area (Å²) in [5, 5.41) is 8.79. The molecule has 26 heavy (non-hydrogen) atoms. The number of para-hydroxylation sites is 2. The molecule has 6 nitrogen and oxygen atoms in total. The van der Waals surface area contributed by atoms with E-state index in [1.165, 1.54) is 0 Å². The van der Waals surface area contributed by atoms with Gasteiger partial charge in [0.15, 0.2) is 6.61 Å². The molecule has 0 atom stereocenters. The van der Waals surface area contributed by atoms with Crippen LogP contribution in [0.4, 0.5) is 5.69 Å². The van der Waals surface area contributed by atoms with Crippen LogP contribution in [0.1, 0.15) is 5.56 Å². The van der Waals surface area contributed by atoms with Crippen LogP contribution < -0.4 is 14.4 Å². The monoisotopic (exact) mass is 351 g/mol. The molecule has 6 heteroatoms. The van der Waals surface area contributed by atoms with Crippen molar-refractivity contribution in [3.05, 3.63) is 54.1 Å². The van der Waals surface area contributed by atoms with Gasteiger partial charge in [-0.2, -0.15) is 5.26 Å². The number of methoxy groups -OCH3 is 1. The van der Waals surface area contributed by atoms with Crippen molar-refractivity contribution in [1.82, 2.24) is 4.90 Å². The van der Waals surface area contributed by atoms with Crippen LogP contribution in [0, 0.1) is 11.3 Å². The maximum Gasteiger partial charge on any atom is 0.260 e. The van der Waals surface area contributed by atoms with Gasteiger partial charge in [-0.05, 0) is 36.4 Å². The SMILES string of the molecule is COc1ccccc1N1CCN(C(=O)COc2ccc(C#N)cc2)CC1. The first kappa shape index (κ1) is 17.6. The number of nitriles is 1. The number of rotatable bonds is 5. The number of ether oxygens (including phenoxy) is 2. The van der Waals surface area contributed by atoms with Crippen molar-refractivity contribution in [2.75, 3.05) is 44.8 Å². The molecule has 1 aliphatic heterocycles. The summed E-state index contributed by atoms with van der Waals surface area (Å²) >= 11 is 0. The lowest BCUT2D eigenvalue weighted by Crippen LogP contribution is -2.50. The molecule has 1 aliphatic rings. The Hall–Kier alpha value is -3.20. The zero-order chi connectivity index (χ0) is 18.4. The van der Waals surface area contributed by atoms with Crippen molar-refractivity contribution >= 4 is 11.6 Å². The average molecular weight is 351 g/mol. The van der Waals surface area contributed by atoms with E-state index in [1.807, 2.05) is 29.2 Å². The van der Waals surface area contributed by atoms with Crippen molar-refractivity contribution in [2.24, 2.45) is 0 Å². The van der Waals surface area contributed by atoms with Crippen LogP contribution in [-0.2, 0) is 4.79 Å². The summed E-state index contributed by atoms with van der Waals surface area (Å²) in [6.45, 7) is 2.80. The van der Waals surface area contributed by atoms with Gasteiger partial charge >= 0.3 is 0 Å². The highest BCUT2D eigenvalue weighted by Gasteiger charge is 2.23. The minimum Gasteiger partial charge on any atom is -0.495 e. The van der Waals surface area contributed by atoms with E-state index in [1.54, 1.807) is 31.4 Å². The van der Waals surface area contributed by atoms with Gasteiger partial charge in [-0.3, -0.25) is 4.79 Å². The van der Waals surface area contributed by atoms with E-state index >= 15 is 0 Å². The smallest absolute Gasteiger partial charge is 0.260 e. The van der Waals surface area contributed by atoms with Crippen molar-refractivity contribution in [3.63, 3.8) is 0 Å². The van der Waals surface area contributed by atoms with Gasteiger partial charge in [0, 0.05) is 26.2 Å². The summed E-state index contributed by atoms with van der Waals surface area (Å²) in [5.74, 6) is 1.40. The third-order valence-corrected chi connectivity index (χ3v) is 4.40. The molecule has 1 fully saturated rings. The summed E-state index contributed by atoms with van der Waals surface area (Å²) in [4.78, 5) is 16.4. The van der Waals surface area contributed by atoms with E-state index < -0.39 is 0 Å². The Balaban J connectivity index is 1.51. The fourth-order valence-corrected chi connectivity index (χ4v) is 2.95. The van der Waals surface area contributed by atoms with Gasteiger partial charge in [0.1, 0.15) is 11.5 Å². The number of hydrogen-bond acceptors (Lipinski definition) is 5. The fraction of sp³-hybridized carbons (Fsp3) is 0.300. The molecule has 1 saturated heterocycles. The second-order valence-electron chi connectivity index (χ2n) is 5.96. The predicted molar refractivity (Wildman–Crippen MR) is 98.4 cm³/mol. The van der Waals surface area contributed by atoms with Crippen LogP contribution in [0.5, 0.6) is 11.5 Å². The molecule has 0 spiro atoms. The molecule has 2 aromatic carbocycles. The Kier molecular flexibility index (Phi) is 5.59. The van der Waals surface area contributed by atoms with Gasteiger partial charge in [0.25, 0.3) is 5.91 Å². The quantitative estimate of drug-likeness (QED) is 0.827. The summed E-state index contributed by atoms with van der Waals surface area (Å²) in [6, 6.07) is 16.7. The molecule has 2 aromatic rings. The fourth-order valence-electron chi connectivity index (χ4n) is 2.95. The highest BCUT2D eigenvalue weighted by molar-refractivity contribution is 5.78. The molecular formula is C20H21N3O3. The molecule has 134 valence electrons. The zero-order valence-corrected chi connectivity index (χ0v) is 14.7. The van der Waals surface area contributed by atoms with E-state index in [4.69, 9.17) is 14.7 Å². The highest BCUT2D eigenvalue weighted by Crippen LogP contribution is 2.28. The number of carbonyl (C=O) groups excluding carboxylic acids is 1. The van der Waals surface area contributed by atoms with E-state index in [-0.39, 0.29) is 12.5 Å². The summed E-state index contributed by atoms with van der Waals surface area (Å²) in [5.41, 5.74) is 1.62. The summed E-state index contributed by atoms with van der Waals surface area (Å²) in [7, 11) is 1.67. The number of anilines is 1. The lowest BCUT2D eigenvalue weighted by Gasteiger charge is -2.36. The average Bonchev–Trinajstić information content (AvgIpc) is 2.72. The Morgan fingerprint density at radius 2 is 1.77 bits per heavy atom. The maximum atomic E-state index is 12.4. The lowest BCUT2D eigenvalue weighted by molar-refractivity contribution is -0.133. The Bertz CT molecular complexity index is 791. The minimum absolute atomic E-state index is 0.000554. The van der Waals surface area contributed by atoms with Gasteiger partial charge in [-0.1, -0.05) is 12.1 Å². The topological polar surface area (TPSA) is 65.8 Å². The number of nitrogens with zero attached hydrogens (tertiary/aromatic N) is 3. The largest absolute Gasteiger partial charge is 0.495 e. The van der Waals surface area contributed by atoms with E-state index in [9.17, 15) is 4.79 Å².